The summed E-state index contributed by atoms with van der Waals surface area (Å²) in [7, 11) is -0.986. The number of amides is 1. The average Bonchev–Trinajstić information content (AvgIpc) is 3.25. The van der Waals surface area contributed by atoms with Gasteiger partial charge in [0.15, 0.2) is 0 Å². The molecule has 0 N–H and O–H groups in total. The molecule has 1 heterocycles. The van der Waals surface area contributed by atoms with Gasteiger partial charge in [0.05, 0.1) is 17.5 Å². The monoisotopic (exact) mass is 349 g/mol. The summed E-state index contributed by atoms with van der Waals surface area (Å²) in [5.41, 5.74) is 1.11. The van der Waals surface area contributed by atoms with Crippen molar-refractivity contribution < 1.29 is 13.2 Å². The van der Waals surface area contributed by atoms with Gasteiger partial charge in [0.2, 0.25) is 5.91 Å². The van der Waals surface area contributed by atoms with E-state index < -0.39 is 9.84 Å². The number of sulfone groups is 1. The van der Waals surface area contributed by atoms with Crippen LogP contribution < -0.4 is 0 Å². The molecule has 2 fully saturated rings. The molecule has 1 aromatic rings. The molecule has 5 heteroatoms. The highest BCUT2D eigenvalue weighted by atomic mass is 32.2. The first-order valence-electron chi connectivity index (χ1n) is 8.78. The van der Waals surface area contributed by atoms with Crippen LogP contribution in [0.2, 0.25) is 0 Å². The normalized spacial score (nSPS) is 25.4. The fourth-order valence-corrected chi connectivity index (χ4v) is 5.92. The molecular formula is C19H27NO3S. The van der Waals surface area contributed by atoms with Crippen molar-refractivity contribution in [2.45, 2.75) is 39.2 Å². The van der Waals surface area contributed by atoms with Crippen molar-refractivity contribution in [2.24, 2.45) is 17.3 Å². The Morgan fingerprint density at radius 2 is 1.75 bits per heavy atom. The van der Waals surface area contributed by atoms with Gasteiger partial charge in [-0.05, 0) is 36.2 Å². The summed E-state index contributed by atoms with van der Waals surface area (Å²) in [5, 5.41) is 0. The zero-order chi connectivity index (χ0) is 17.5. The summed E-state index contributed by atoms with van der Waals surface area (Å²) in [6.45, 7) is 4.27. The summed E-state index contributed by atoms with van der Waals surface area (Å²) in [4.78, 5) is 14.9. The lowest BCUT2D eigenvalue weighted by atomic mass is 9.92. The third kappa shape index (κ3) is 3.23. The standard InChI is InChI=1S/C19H27NO3S/c1-14(2)17(15-7-5-4-6-8-15)20(3)18(21)16-13-19(16)9-11-24(22,23)12-10-19/h4-8,14,16-17H,9-13H2,1-3H3/t16-,17+/m1/s1. The first-order chi connectivity index (χ1) is 11.3. The second kappa shape index (κ2) is 6.17. The van der Waals surface area contributed by atoms with E-state index in [9.17, 15) is 13.2 Å². The molecule has 2 aliphatic rings. The number of carbonyl (C=O) groups is 1. The number of rotatable bonds is 4. The predicted octanol–water partition coefficient (Wildman–Crippen LogP) is 3.06. The van der Waals surface area contributed by atoms with E-state index in [0.29, 0.717) is 18.8 Å². The van der Waals surface area contributed by atoms with E-state index >= 15 is 0 Å². The van der Waals surface area contributed by atoms with Crippen LogP contribution in [0.5, 0.6) is 0 Å². The van der Waals surface area contributed by atoms with Crippen LogP contribution >= 0.6 is 0 Å². The molecule has 1 aliphatic heterocycles. The van der Waals surface area contributed by atoms with Crippen LogP contribution in [0.1, 0.15) is 44.7 Å². The molecule has 0 unspecified atom stereocenters. The smallest absolute Gasteiger partial charge is 0.226 e. The Balaban J connectivity index is 1.73. The number of hydrogen-bond acceptors (Lipinski definition) is 3. The van der Waals surface area contributed by atoms with E-state index in [1.807, 2.05) is 30.1 Å². The lowest BCUT2D eigenvalue weighted by Gasteiger charge is -2.33. The fourth-order valence-electron chi connectivity index (χ4n) is 4.28. The average molecular weight is 349 g/mol. The Hall–Kier alpha value is -1.36. The van der Waals surface area contributed by atoms with Crippen molar-refractivity contribution in [3.8, 4) is 0 Å². The minimum Gasteiger partial charge on any atom is -0.338 e. The van der Waals surface area contributed by atoms with Crippen LogP contribution in [-0.4, -0.2) is 37.8 Å². The number of benzene rings is 1. The molecule has 0 aromatic heterocycles. The third-order valence-corrected chi connectivity index (χ3v) is 7.50. The number of nitrogens with zero attached hydrogens (tertiary/aromatic N) is 1. The molecule has 0 bridgehead atoms. The fraction of sp³-hybridized carbons (Fsp3) is 0.632. The highest BCUT2D eigenvalue weighted by Gasteiger charge is 2.60. The first kappa shape index (κ1) is 17.5. The van der Waals surface area contributed by atoms with Crippen molar-refractivity contribution in [2.75, 3.05) is 18.6 Å². The molecule has 1 amide bonds. The van der Waals surface area contributed by atoms with E-state index in [1.165, 1.54) is 0 Å². The molecule has 0 radical (unpaired) electrons. The summed E-state index contributed by atoms with van der Waals surface area (Å²) >= 11 is 0. The van der Waals surface area contributed by atoms with Gasteiger partial charge in [0, 0.05) is 13.0 Å². The van der Waals surface area contributed by atoms with Gasteiger partial charge in [-0.1, -0.05) is 44.2 Å². The maximum Gasteiger partial charge on any atom is 0.226 e. The SMILES string of the molecule is CC(C)[C@@H](c1ccccc1)N(C)C(=O)[C@H]1CC12CCS(=O)(=O)CC2. The molecule has 3 rings (SSSR count). The van der Waals surface area contributed by atoms with Gasteiger partial charge < -0.3 is 4.90 Å². The number of carbonyl (C=O) groups excluding carboxylic acids is 1. The molecule has 1 spiro atoms. The van der Waals surface area contributed by atoms with Gasteiger partial charge in [0.1, 0.15) is 9.84 Å². The van der Waals surface area contributed by atoms with Gasteiger partial charge in [-0.15, -0.1) is 0 Å². The summed E-state index contributed by atoms with van der Waals surface area (Å²) in [6.07, 6.45) is 2.15. The van der Waals surface area contributed by atoms with E-state index in [1.54, 1.807) is 0 Å². The molecule has 1 aliphatic carbocycles. The molecule has 1 saturated carbocycles. The van der Waals surface area contributed by atoms with Gasteiger partial charge >= 0.3 is 0 Å². The highest BCUT2D eigenvalue weighted by Crippen LogP contribution is 2.60. The quantitative estimate of drug-likeness (QED) is 0.839. The molecule has 2 atom stereocenters. The second-order valence-electron chi connectivity index (χ2n) is 7.82. The summed E-state index contributed by atoms with van der Waals surface area (Å²) < 4.78 is 23.3. The van der Waals surface area contributed by atoms with Crippen molar-refractivity contribution in [3.05, 3.63) is 35.9 Å². The Morgan fingerprint density at radius 3 is 2.29 bits per heavy atom. The van der Waals surface area contributed by atoms with Crippen LogP contribution in [0.3, 0.4) is 0 Å². The Labute approximate surface area is 145 Å². The summed E-state index contributed by atoms with van der Waals surface area (Å²) in [5.74, 6) is 0.988. The first-order valence-corrected chi connectivity index (χ1v) is 10.6. The van der Waals surface area contributed by atoms with E-state index in [0.717, 1.165) is 12.0 Å². The molecule has 1 aromatic carbocycles. The van der Waals surface area contributed by atoms with Gasteiger partial charge in [-0.3, -0.25) is 4.79 Å². The van der Waals surface area contributed by atoms with E-state index in [2.05, 4.69) is 26.0 Å². The Morgan fingerprint density at radius 1 is 1.17 bits per heavy atom. The van der Waals surface area contributed by atoms with Crippen molar-refractivity contribution in [1.29, 1.82) is 0 Å². The van der Waals surface area contributed by atoms with Crippen LogP contribution in [-0.2, 0) is 14.6 Å². The largest absolute Gasteiger partial charge is 0.338 e. The maximum atomic E-state index is 13.0. The van der Waals surface area contributed by atoms with Crippen LogP contribution in [0.4, 0.5) is 0 Å². The molecule has 1 saturated heterocycles. The zero-order valence-corrected chi connectivity index (χ0v) is 15.6. The van der Waals surface area contributed by atoms with Crippen molar-refractivity contribution in [1.82, 2.24) is 4.90 Å². The predicted molar refractivity (Wildman–Crippen MR) is 95.2 cm³/mol. The lowest BCUT2D eigenvalue weighted by Crippen LogP contribution is -2.37. The molecule has 132 valence electrons. The lowest BCUT2D eigenvalue weighted by molar-refractivity contribution is -0.135. The molecule has 4 nitrogen and oxygen atoms in total. The second-order valence-corrected chi connectivity index (χ2v) is 10.1. The Bertz CT molecular complexity index is 697. The summed E-state index contributed by atoms with van der Waals surface area (Å²) in [6, 6.07) is 10.2. The minimum atomic E-state index is -2.88. The van der Waals surface area contributed by atoms with Crippen molar-refractivity contribution >= 4 is 15.7 Å². The third-order valence-electron chi connectivity index (χ3n) is 5.85. The Kier molecular flexibility index (Phi) is 4.49. The zero-order valence-electron chi connectivity index (χ0n) is 14.7. The highest BCUT2D eigenvalue weighted by molar-refractivity contribution is 7.91. The number of hydrogen-bond donors (Lipinski definition) is 0. The van der Waals surface area contributed by atoms with Crippen molar-refractivity contribution in [3.63, 3.8) is 0 Å². The van der Waals surface area contributed by atoms with Gasteiger partial charge in [-0.25, -0.2) is 8.42 Å². The van der Waals surface area contributed by atoms with Crippen LogP contribution in [0.25, 0.3) is 0 Å². The van der Waals surface area contributed by atoms with E-state index in [4.69, 9.17) is 0 Å². The van der Waals surface area contributed by atoms with Gasteiger partial charge in [0.25, 0.3) is 0 Å². The topological polar surface area (TPSA) is 54.5 Å². The minimum absolute atomic E-state index is 0.00274. The van der Waals surface area contributed by atoms with Crippen LogP contribution in [0.15, 0.2) is 30.3 Å². The van der Waals surface area contributed by atoms with Gasteiger partial charge in [-0.2, -0.15) is 0 Å². The molecule has 24 heavy (non-hydrogen) atoms. The maximum absolute atomic E-state index is 13.0. The molecular weight excluding hydrogens is 322 g/mol. The van der Waals surface area contributed by atoms with E-state index in [-0.39, 0.29) is 34.8 Å². The van der Waals surface area contributed by atoms with Crippen LogP contribution in [0, 0.1) is 17.3 Å².